The van der Waals surface area contributed by atoms with Crippen molar-refractivity contribution < 1.29 is 4.74 Å². The first kappa shape index (κ1) is 14.1. The van der Waals surface area contributed by atoms with E-state index in [0.29, 0.717) is 19.1 Å². The third-order valence-electron chi connectivity index (χ3n) is 2.71. The monoisotopic (exact) mass is 272 g/mol. The Morgan fingerprint density at radius 1 is 1.25 bits per heavy atom. The minimum Gasteiger partial charge on any atom is -0.492 e. The molecule has 0 amide bonds. The number of nitrogens with one attached hydrogen (secondary N) is 1. The van der Waals surface area contributed by atoms with Gasteiger partial charge in [-0.05, 0) is 30.7 Å². The van der Waals surface area contributed by atoms with Crippen LogP contribution in [0.2, 0.25) is 0 Å². The summed E-state index contributed by atoms with van der Waals surface area (Å²) in [6, 6.07) is 9.87. The van der Waals surface area contributed by atoms with Crippen LogP contribution in [0, 0.1) is 6.92 Å². The van der Waals surface area contributed by atoms with E-state index in [1.54, 1.807) is 6.20 Å². The molecule has 5 nitrogen and oxygen atoms in total. The summed E-state index contributed by atoms with van der Waals surface area (Å²) in [5, 5.41) is 3.22. The van der Waals surface area contributed by atoms with Crippen LogP contribution in [0.4, 0.5) is 11.8 Å². The van der Waals surface area contributed by atoms with Gasteiger partial charge in [-0.25, -0.2) is 4.98 Å². The second-order valence-corrected chi connectivity index (χ2v) is 4.73. The molecule has 1 aromatic heterocycles. The van der Waals surface area contributed by atoms with E-state index in [1.807, 2.05) is 43.3 Å². The fourth-order valence-corrected chi connectivity index (χ4v) is 1.72. The number of nitrogens with zero attached hydrogens (tertiary/aromatic N) is 3. The van der Waals surface area contributed by atoms with Gasteiger partial charge in [0.2, 0.25) is 5.95 Å². The Kier molecular flexibility index (Phi) is 4.76. The number of hydrogen-bond acceptors (Lipinski definition) is 5. The minimum absolute atomic E-state index is 0.588. The molecule has 5 heteroatoms. The van der Waals surface area contributed by atoms with Crippen molar-refractivity contribution in [2.75, 3.05) is 37.5 Å². The van der Waals surface area contributed by atoms with Gasteiger partial charge in [-0.2, -0.15) is 4.98 Å². The molecular weight excluding hydrogens is 252 g/mol. The Bertz CT molecular complexity index is 557. The summed E-state index contributed by atoms with van der Waals surface area (Å²) < 4.78 is 5.67. The number of hydrogen-bond donors (Lipinski definition) is 1. The maximum Gasteiger partial charge on any atom is 0.226 e. The fraction of sp³-hybridized carbons (Fsp3) is 0.333. The summed E-state index contributed by atoms with van der Waals surface area (Å²) >= 11 is 0. The predicted molar refractivity (Wildman–Crippen MR) is 81.5 cm³/mol. The zero-order valence-corrected chi connectivity index (χ0v) is 12.1. The second kappa shape index (κ2) is 6.75. The Morgan fingerprint density at radius 3 is 2.85 bits per heavy atom. The van der Waals surface area contributed by atoms with Crippen molar-refractivity contribution in [3.63, 3.8) is 0 Å². The van der Waals surface area contributed by atoms with Crippen LogP contribution < -0.4 is 15.0 Å². The topological polar surface area (TPSA) is 50.3 Å². The lowest BCUT2D eigenvalue weighted by atomic mass is 10.2. The Morgan fingerprint density at radius 2 is 2.10 bits per heavy atom. The predicted octanol–water partition coefficient (Wildman–Crippen LogP) is 2.34. The number of aryl methyl sites for hydroxylation is 1. The Hall–Kier alpha value is -2.30. The van der Waals surface area contributed by atoms with Crippen molar-refractivity contribution >= 4 is 11.8 Å². The number of rotatable bonds is 6. The maximum atomic E-state index is 5.67. The molecule has 0 spiro atoms. The van der Waals surface area contributed by atoms with Gasteiger partial charge in [0.15, 0.2) is 0 Å². The number of benzene rings is 1. The van der Waals surface area contributed by atoms with Crippen LogP contribution in [0.15, 0.2) is 36.5 Å². The first-order valence-corrected chi connectivity index (χ1v) is 6.59. The van der Waals surface area contributed by atoms with Gasteiger partial charge < -0.3 is 15.0 Å². The molecule has 0 radical (unpaired) electrons. The third-order valence-corrected chi connectivity index (χ3v) is 2.71. The first-order valence-electron chi connectivity index (χ1n) is 6.59. The molecule has 2 rings (SSSR count). The number of ether oxygens (including phenoxy) is 1. The summed E-state index contributed by atoms with van der Waals surface area (Å²) in [6.07, 6.45) is 1.74. The zero-order chi connectivity index (χ0) is 14.4. The van der Waals surface area contributed by atoms with Gasteiger partial charge in [0.05, 0.1) is 6.54 Å². The van der Waals surface area contributed by atoms with Crippen molar-refractivity contribution in [2.45, 2.75) is 6.92 Å². The van der Waals surface area contributed by atoms with E-state index in [-0.39, 0.29) is 0 Å². The molecule has 0 saturated heterocycles. The maximum absolute atomic E-state index is 5.67. The van der Waals surface area contributed by atoms with E-state index < -0.39 is 0 Å². The summed E-state index contributed by atoms with van der Waals surface area (Å²) in [5.41, 5.74) is 1.20. The molecule has 2 aromatic rings. The molecule has 0 atom stereocenters. The van der Waals surface area contributed by atoms with Gasteiger partial charge in [0.25, 0.3) is 0 Å². The molecular formula is C15H20N4O. The van der Waals surface area contributed by atoms with Crippen molar-refractivity contribution in [3.05, 3.63) is 42.1 Å². The van der Waals surface area contributed by atoms with Gasteiger partial charge >= 0.3 is 0 Å². The van der Waals surface area contributed by atoms with Crippen molar-refractivity contribution in [3.8, 4) is 5.75 Å². The standard InChI is InChI=1S/C15H20N4O/c1-12-5-4-6-13(11-12)20-10-9-16-14-7-8-17-15(18-14)19(2)3/h4-8,11H,9-10H2,1-3H3,(H,16,17,18). The molecule has 20 heavy (non-hydrogen) atoms. The number of anilines is 2. The van der Waals surface area contributed by atoms with E-state index in [2.05, 4.69) is 28.3 Å². The molecule has 0 aliphatic heterocycles. The molecule has 1 heterocycles. The molecule has 106 valence electrons. The molecule has 0 bridgehead atoms. The highest BCUT2D eigenvalue weighted by Gasteiger charge is 2.00. The largest absolute Gasteiger partial charge is 0.492 e. The van der Waals surface area contributed by atoms with Crippen molar-refractivity contribution in [1.82, 2.24) is 9.97 Å². The average molecular weight is 272 g/mol. The smallest absolute Gasteiger partial charge is 0.226 e. The van der Waals surface area contributed by atoms with Crippen LogP contribution in [0.1, 0.15) is 5.56 Å². The van der Waals surface area contributed by atoms with Crippen molar-refractivity contribution in [2.24, 2.45) is 0 Å². The zero-order valence-electron chi connectivity index (χ0n) is 12.1. The summed E-state index contributed by atoms with van der Waals surface area (Å²) in [4.78, 5) is 10.4. The SMILES string of the molecule is Cc1cccc(OCCNc2ccnc(N(C)C)n2)c1. The van der Waals surface area contributed by atoms with Crippen LogP contribution in [-0.2, 0) is 0 Å². The summed E-state index contributed by atoms with van der Waals surface area (Å²) in [5.74, 6) is 2.38. The Balaban J connectivity index is 1.80. The molecule has 1 N–H and O–H groups in total. The summed E-state index contributed by atoms with van der Waals surface area (Å²) in [6.45, 7) is 3.33. The minimum atomic E-state index is 0.588. The van der Waals surface area contributed by atoms with E-state index in [4.69, 9.17) is 4.74 Å². The first-order chi connectivity index (χ1) is 9.65. The molecule has 0 aliphatic rings. The van der Waals surface area contributed by atoms with E-state index in [0.717, 1.165) is 11.6 Å². The van der Waals surface area contributed by atoms with Crippen LogP contribution in [0.25, 0.3) is 0 Å². The molecule has 1 aromatic carbocycles. The fourth-order valence-electron chi connectivity index (χ4n) is 1.72. The molecule has 0 saturated carbocycles. The van der Waals surface area contributed by atoms with Crippen molar-refractivity contribution in [1.29, 1.82) is 0 Å². The van der Waals surface area contributed by atoms with Gasteiger partial charge in [-0.3, -0.25) is 0 Å². The lowest BCUT2D eigenvalue weighted by Crippen LogP contribution is -2.16. The highest BCUT2D eigenvalue weighted by Crippen LogP contribution is 2.12. The normalized spacial score (nSPS) is 10.2. The van der Waals surface area contributed by atoms with Crippen LogP contribution in [-0.4, -0.2) is 37.2 Å². The lowest BCUT2D eigenvalue weighted by molar-refractivity contribution is 0.332. The molecule has 0 unspecified atom stereocenters. The molecule has 0 fully saturated rings. The van der Waals surface area contributed by atoms with E-state index in [9.17, 15) is 0 Å². The van der Waals surface area contributed by atoms with Gasteiger partial charge in [-0.1, -0.05) is 12.1 Å². The number of aromatic nitrogens is 2. The van der Waals surface area contributed by atoms with E-state index in [1.165, 1.54) is 5.56 Å². The quantitative estimate of drug-likeness (QED) is 0.818. The van der Waals surface area contributed by atoms with Crippen LogP contribution in [0.5, 0.6) is 5.75 Å². The van der Waals surface area contributed by atoms with Crippen LogP contribution >= 0.6 is 0 Å². The second-order valence-electron chi connectivity index (χ2n) is 4.73. The van der Waals surface area contributed by atoms with Gasteiger partial charge in [0, 0.05) is 20.3 Å². The van der Waals surface area contributed by atoms with Gasteiger partial charge in [0.1, 0.15) is 18.2 Å². The van der Waals surface area contributed by atoms with Gasteiger partial charge in [-0.15, -0.1) is 0 Å². The molecule has 0 aliphatic carbocycles. The highest BCUT2D eigenvalue weighted by atomic mass is 16.5. The van der Waals surface area contributed by atoms with E-state index >= 15 is 0 Å². The third kappa shape index (κ3) is 4.12. The summed E-state index contributed by atoms with van der Waals surface area (Å²) in [7, 11) is 3.83. The van der Waals surface area contributed by atoms with Crippen LogP contribution in [0.3, 0.4) is 0 Å². The average Bonchev–Trinajstić information content (AvgIpc) is 2.44. The lowest BCUT2D eigenvalue weighted by Gasteiger charge is -2.12. The Labute approximate surface area is 119 Å². The highest BCUT2D eigenvalue weighted by molar-refractivity contribution is 5.40.